The first kappa shape index (κ1) is 11.6. The smallest absolute Gasteiger partial charge is 0.304 e. The van der Waals surface area contributed by atoms with E-state index in [9.17, 15) is 0 Å². The molecule has 0 radical (unpaired) electrons. The van der Waals surface area contributed by atoms with Gasteiger partial charge in [0.15, 0.2) is 5.69 Å². The van der Waals surface area contributed by atoms with Crippen molar-refractivity contribution in [1.82, 2.24) is 0 Å². The number of hydrogen-bond donors (Lipinski definition) is 0. The van der Waals surface area contributed by atoms with E-state index in [1.807, 2.05) is 0 Å². The molecule has 0 aliphatic rings. The lowest BCUT2D eigenvalue weighted by Crippen LogP contribution is -3.00. The molecule has 11 heavy (non-hydrogen) atoms. The van der Waals surface area contributed by atoms with Crippen molar-refractivity contribution in [2.24, 2.45) is 7.05 Å². The molecule has 0 spiro atoms. The Morgan fingerprint density at radius 3 is 2.27 bits per heavy atom. The van der Waals surface area contributed by atoms with Gasteiger partial charge in [0.25, 0.3) is 0 Å². The Hall–Kier alpha value is 0.590. The first-order valence-corrected chi connectivity index (χ1v) is 4.91. The SMILES string of the molecule is CCc1c(C)sc(Br)[n+]1C.[Br-]. The fourth-order valence-corrected chi connectivity index (χ4v) is 2.92. The van der Waals surface area contributed by atoms with Crippen LogP contribution in [0.3, 0.4) is 0 Å². The Kier molecular flexibility index (Phi) is 4.82. The van der Waals surface area contributed by atoms with Gasteiger partial charge in [-0.1, -0.05) is 18.3 Å². The van der Waals surface area contributed by atoms with Crippen LogP contribution in [0.2, 0.25) is 0 Å². The lowest BCUT2D eigenvalue weighted by atomic mass is 10.3. The molecule has 0 saturated heterocycles. The molecule has 0 amide bonds. The van der Waals surface area contributed by atoms with Crippen LogP contribution in [-0.4, -0.2) is 0 Å². The summed E-state index contributed by atoms with van der Waals surface area (Å²) < 4.78 is 3.40. The summed E-state index contributed by atoms with van der Waals surface area (Å²) in [5.41, 5.74) is 1.43. The van der Waals surface area contributed by atoms with Gasteiger partial charge < -0.3 is 17.0 Å². The number of rotatable bonds is 1. The summed E-state index contributed by atoms with van der Waals surface area (Å²) >= 11 is 5.29. The zero-order valence-electron chi connectivity index (χ0n) is 6.82. The quantitative estimate of drug-likeness (QED) is 0.599. The zero-order valence-corrected chi connectivity index (χ0v) is 10.8. The standard InChI is InChI=1S/C7H11BrNS.BrH/c1-4-6-5(2)10-7(8)9(6)3;/h4H2,1-3H3;1H/q+1;/p-1. The fraction of sp³-hybridized carbons (Fsp3) is 0.571. The molecular weight excluding hydrogens is 290 g/mol. The van der Waals surface area contributed by atoms with E-state index in [1.165, 1.54) is 14.5 Å². The molecule has 1 heterocycles. The molecule has 0 bridgehead atoms. The molecule has 0 atom stereocenters. The molecule has 0 aromatic carbocycles. The van der Waals surface area contributed by atoms with E-state index in [0.717, 1.165) is 6.42 Å². The molecule has 0 unspecified atom stereocenters. The fourth-order valence-electron chi connectivity index (χ4n) is 1.08. The monoisotopic (exact) mass is 299 g/mol. The van der Waals surface area contributed by atoms with Gasteiger partial charge in [-0.2, -0.15) is 4.57 Å². The number of halogens is 2. The number of aromatic nitrogens is 1. The van der Waals surface area contributed by atoms with Gasteiger partial charge in [-0.15, -0.1) is 0 Å². The lowest BCUT2D eigenvalue weighted by Gasteiger charge is -1.87. The van der Waals surface area contributed by atoms with Crippen molar-refractivity contribution in [3.8, 4) is 0 Å². The predicted octanol–water partition coefficient (Wildman–Crippen LogP) is -0.790. The highest BCUT2D eigenvalue weighted by Gasteiger charge is 2.15. The minimum atomic E-state index is 0. The lowest BCUT2D eigenvalue weighted by molar-refractivity contribution is -0.684. The summed E-state index contributed by atoms with van der Waals surface area (Å²) in [6, 6.07) is 0. The average Bonchev–Trinajstić information content (AvgIpc) is 2.09. The molecular formula is C7H11Br2NS. The minimum Gasteiger partial charge on any atom is -1.00 e. The third-order valence-electron chi connectivity index (χ3n) is 1.65. The van der Waals surface area contributed by atoms with Crippen LogP contribution in [0.1, 0.15) is 17.5 Å². The highest BCUT2D eigenvalue weighted by Crippen LogP contribution is 2.19. The Labute approximate surface area is 90.3 Å². The number of aryl methyl sites for hydroxylation is 1. The summed E-state index contributed by atoms with van der Waals surface area (Å²) in [4.78, 5) is 1.41. The third-order valence-corrected chi connectivity index (χ3v) is 3.65. The third kappa shape index (κ3) is 2.26. The second-order valence-corrected chi connectivity index (χ2v) is 4.75. The van der Waals surface area contributed by atoms with Crippen LogP contribution in [0.5, 0.6) is 0 Å². The summed E-state index contributed by atoms with van der Waals surface area (Å²) in [5, 5.41) is 0. The molecule has 1 aromatic heterocycles. The largest absolute Gasteiger partial charge is 1.00 e. The summed E-state index contributed by atoms with van der Waals surface area (Å²) in [7, 11) is 2.09. The van der Waals surface area contributed by atoms with E-state index in [1.54, 1.807) is 11.3 Å². The molecule has 0 N–H and O–H groups in total. The molecule has 0 aliphatic heterocycles. The molecule has 0 aliphatic carbocycles. The maximum absolute atomic E-state index is 3.49. The second kappa shape index (κ2) is 4.58. The Morgan fingerprint density at radius 2 is 2.09 bits per heavy atom. The summed E-state index contributed by atoms with van der Waals surface area (Å²) in [6.07, 6.45) is 1.12. The maximum Gasteiger partial charge on any atom is 0.304 e. The van der Waals surface area contributed by atoms with Gasteiger partial charge in [0.05, 0.1) is 4.88 Å². The van der Waals surface area contributed by atoms with E-state index >= 15 is 0 Å². The van der Waals surface area contributed by atoms with E-state index in [2.05, 4.69) is 41.4 Å². The molecule has 0 fully saturated rings. The highest BCUT2D eigenvalue weighted by molar-refractivity contribution is 9.11. The number of nitrogens with zero attached hydrogens (tertiary/aromatic N) is 1. The van der Waals surface area contributed by atoms with Gasteiger partial charge in [0.2, 0.25) is 0 Å². The van der Waals surface area contributed by atoms with Crippen LogP contribution in [-0.2, 0) is 13.5 Å². The molecule has 1 rings (SSSR count). The van der Waals surface area contributed by atoms with Crippen molar-refractivity contribution in [2.45, 2.75) is 20.3 Å². The summed E-state index contributed by atoms with van der Waals surface area (Å²) in [5.74, 6) is 0. The maximum atomic E-state index is 3.49. The van der Waals surface area contributed by atoms with Gasteiger partial charge in [-0.25, -0.2) is 0 Å². The first-order chi connectivity index (χ1) is 4.66. The van der Waals surface area contributed by atoms with Crippen LogP contribution in [0, 0.1) is 6.92 Å². The van der Waals surface area contributed by atoms with Crippen molar-refractivity contribution in [3.05, 3.63) is 14.5 Å². The van der Waals surface area contributed by atoms with Crippen molar-refractivity contribution in [1.29, 1.82) is 0 Å². The topological polar surface area (TPSA) is 3.88 Å². The van der Waals surface area contributed by atoms with E-state index in [4.69, 9.17) is 0 Å². The Balaban J connectivity index is 0.000001000. The molecule has 1 nitrogen and oxygen atoms in total. The van der Waals surface area contributed by atoms with Crippen LogP contribution < -0.4 is 21.5 Å². The average molecular weight is 301 g/mol. The van der Waals surface area contributed by atoms with Gasteiger partial charge in [-0.05, 0) is 6.92 Å². The first-order valence-electron chi connectivity index (χ1n) is 3.30. The van der Waals surface area contributed by atoms with Gasteiger partial charge in [0, 0.05) is 22.4 Å². The molecule has 64 valence electrons. The van der Waals surface area contributed by atoms with Crippen molar-refractivity contribution in [2.75, 3.05) is 0 Å². The number of thiazole rings is 1. The second-order valence-electron chi connectivity index (χ2n) is 2.27. The van der Waals surface area contributed by atoms with Crippen molar-refractivity contribution >= 4 is 27.3 Å². The highest BCUT2D eigenvalue weighted by atomic mass is 79.9. The van der Waals surface area contributed by atoms with Gasteiger partial charge in [0.1, 0.15) is 7.05 Å². The number of hydrogen-bond acceptors (Lipinski definition) is 1. The molecule has 1 aromatic rings. The normalized spacial score (nSPS) is 9.45. The minimum absolute atomic E-state index is 0. The van der Waals surface area contributed by atoms with E-state index < -0.39 is 0 Å². The van der Waals surface area contributed by atoms with Gasteiger partial charge >= 0.3 is 3.92 Å². The Bertz CT molecular complexity index is 245. The summed E-state index contributed by atoms with van der Waals surface area (Å²) in [6.45, 7) is 4.34. The zero-order chi connectivity index (χ0) is 7.72. The van der Waals surface area contributed by atoms with Crippen LogP contribution >= 0.6 is 27.3 Å². The van der Waals surface area contributed by atoms with Crippen LogP contribution in [0.25, 0.3) is 0 Å². The van der Waals surface area contributed by atoms with E-state index in [-0.39, 0.29) is 17.0 Å². The van der Waals surface area contributed by atoms with Crippen molar-refractivity contribution < 1.29 is 21.5 Å². The van der Waals surface area contributed by atoms with E-state index in [0.29, 0.717) is 0 Å². The van der Waals surface area contributed by atoms with Crippen LogP contribution in [0.15, 0.2) is 3.92 Å². The predicted molar refractivity (Wildman–Crippen MR) is 47.3 cm³/mol. The molecule has 0 saturated carbocycles. The Morgan fingerprint density at radius 1 is 1.55 bits per heavy atom. The van der Waals surface area contributed by atoms with Gasteiger partial charge in [-0.3, -0.25) is 0 Å². The molecule has 4 heteroatoms. The van der Waals surface area contributed by atoms with Crippen LogP contribution in [0.4, 0.5) is 0 Å². The van der Waals surface area contributed by atoms with Crippen molar-refractivity contribution in [3.63, 3.8) is 0 Å².